The zero-order chi connectivity index (χ0) is 20.0. The lowest BCUT2D eigenvalue weighted by Crippen LogP contribution is -2.15. The normalized spacial score (nSPS) is 13.1. The van der Waals surface area contributed by atoms with E-state index in [0.717, 1.165) is 12.3 Å². The quantitative estimate of drug-likeness (QED) is 0.277. The minimum absolute atomic E-state index is 0.383. The number of benzene rings is 2. The van der Waals surface area contributed by atoms with Gasteiger partial charge >= 0.3 is 0 Å². The Hall–Kier alpha value is -2.26. The maximum atomic E-state index is 4.03. The van der Waals surface area contributed by atoms with Crippen molar-refractivity contribution in [3.8, 4) is 0 Å². The van der Waals surface area contributed by atoms with Crippen molar-refractivity contribution in [2.45, 2.75) is 0 Å². The Morgan fingerprint density at radius 2 is 1.32 bits per heavy atom. The summed E-state index contributed by atoms with van der Waals surface area (Å²) in [5.74, 6) is 2.32. The van der Waals surface area contributed by atoms with Gasteiger partial charge in [-0.3, -0.25) is 0 Å². The Labute approximate surface area is 172 Å². The van der Waals surface area contributed by atoms with E-state index in [4.69, 9.17) is 0 Å². The van der Waals surface area contributed by atoms with E-state index in [1.807, 2.05) is 24.3 Å². The van der Waals surface area contributed by atoms with Crippen LogP contribution in [0.4, 0.5) is 0 Å². The third kappa shape index (κ3) is 7.05. The molecule has 0 heterocycles. The van der Waals surface area contributed by atoms with E-state index in [2.05, 4.69) is 98.4 Å². The average Bonchev–Trinajstić information content (AvgIpc) is 2.75. The van der Waals surface area contributed by atoms with Crippen molar-refractivity contribution in [3.05, 3.63) is 134 Å². The molecule has 0 bridgehead atoms. The van der Waals surface area contributed by atoms with E-state index in [0.29, 0.717) is 0 Å². The van der Waals surface area contributed by atoms with Gasteiger partial charge in [0.05, 0.1) is 0 Å². The maximum absolute atomic E-state index is 4.03. The lowest BCUT2D eigenvalue weighted by atomic mass is 10.4. The number of allylic oxidation sites excluding steroid dienone is 8. The predicted molar refractivity (Wildman–Crippen MR) is 133 cm³/mol. The smallest absolute Gasteiger partial charge is 0.0195 e. The van der Waals surface area contributed by atoms with Crippen molar-refractivity contribution < 1.29 is 0 Å². The van der Waals surface area contributed by atoms with E-state index in [9.17, 15) is 0 Å². The van der Waals surface area contributed by atoms with Crippen molar-refractivity contribution in [2.24, 2.45) is 0 Å². The number of rotatable bonds is 11. The minimum atomic E-state index is -0.438. The Balaban J connectivity index is 2.27. The topological polar surface area (TPSA) is 0 Å². The molecule has 142 valence electrons. The summed E-state index contributed by atoms with van der Waals surface area (Å²) in [6.07, 6.45) is 16.1. The fourth-order valence-corrected chi connectivity index (χ4v) is 7.78. The highest BCUT2D eigenvalue weighted by Crippen LogP contribution is 2.49. The van der Waals surface area contributed by atoms with Crippen LogP contribution in [0.25, 0.3) is 0 Å². The molecule has 2 heteroatoms. The highest BCUT2D eigenvalue weighted by Gasteiger charge is 2.16. The summed E-state index contributed by atoms with van der Waals surface area (Å²) >= 11 is 0. The van der Waals surface area contributed by atoms with Crippen molar-refractivity contribution in [1.82, 2.24) is 0 Å². The molecule has 0 fully saturated rings. The minimum Gasteiger partial charge on any atom is -0.0991 e. The van der Waals surface area contributed by atoms with Gasteiger partial charge in [0.2, 0.25) is 0 Å². The second-order valence-corrected chi connectivity index (χ2v) is 10.5. The molecule has 0 nitrogen and oxygen atoms in total. The highest BCUT2D eigenvalue weighted by atomic mass is 31.1. The van der Waals surface area contributed by atoms with E-state index in [-0.39, 0.29) is 7.92 Å². The highest BCUT2D eigenvalue weighted by molar-refractivity contribution is 7.74. The number of hydrogen-bond donors (Lipinski definition) is 0. The van der Waals surface area contributed by atoms with Crippen molar-refractivity contribution in [2.75, 3.05) is 12.3 Å². The third-order valence-electron chi connectivity index (χ3n) is 4.15. The lowest BCUT2D eigenvalue weighted by molar-refractivity contribution is 1.50. The summed E-state index contributed by atoms with van der Waals surface area (Å²) in [4.78, 5) is 0. The van der Waals surface area contributed by atoms with Crippen LogP contribution in [0.3, 0.4) is 0 Å². The molecule has 1 unspecified atom stereocenters. The predicted octanol–water partition coefficient (Wildman–Crippen LogP) is 7.11. The molecule has 0 saturated carbocycles. The van der Waals surface area contributed by atoms with Crippen LogP contribution < -0.4 is 10.6 Å². The second-order valence-electron chi connectivity index (χ2n) is 6.01. The molecule has 0 amide bonds. The van der Waals surface area contributed by atoms with Crippen LogP contribution in [0.15, 0.2) is 134 Å². The molecule has 28 heavy (non-hydrogen) atoms. The summed E-state index contributed by atoms with van der Waals surface area (Å²) < 4.78 is 0. The fraction of sp³-hybridized carbons (Fsp3) is 0.0769. The molecule has 0 spiro atoms. The van der Waals surface area contributed by atoms with Crippen molar-refractivity contribution in [1.29, 1.82) is 0 Å². The first kappa shape index (κ1) is 22.0. The molecule has 2 rings (SSSR count). The summed E-state index contributed by atoms with van der Waals surface area (Å²) in [6.45, 7) is 11.6. The summed E-state index contributed by atoms with van der Waals surface area (Å²) in [6, 6.07) is 21.8. The van der Waals surface area contributed by atoms with Gasteiger partial charge in [-0.1, -0.05) is 137 Å². The Morgan fingerprint density at radius 1 is 0.714 bits per heavy atom. The van der Waals surface area contributed by atoms with E-state index < -0.39 is 7.92 Å². The van der Waals surface area contributed by atoms with Gasteiger partial charge in [0, 0.05) is 0 Å². The van der Waals surface area contributed by atoms with Gasteiger partial charge in [0.25, 0.3) is 0 Å². The zero-order valence-corrected chi connectivity index (χ0v) is 18.1. The maximum Gasteiger partial charge on any atom is -0.0195 e. The standard InChI is InChI=1S/C26H28P2/c1-4-7-8-15-21-27(24(6-3)16-5-2)22-23-28(25-17-11-9-12-18-25)26-19-13-10-14-20-26/h4-21H,1-3,22-23H2/b8-7-,21-15+,24-16+. The molecular weight excluding hydrogens is 374 g/mol. The van der Waals surface area contributed by atoms with Gasteiger partial charge < -0.3 is 0 Å². The summed E-state index contributed by atoms with van der Waals surface area (Å²) in [5, 5.41) is 4.13. The molecule has 0 aromatic heterocycles. The molecular formula is C26H28P2. The van der Waals surface area contributed by atoms with Crippen molar-refractivity contribution >= 4 is 26.5 Å². The lowest BCUT2D eigenvalue weighted by Gasteiger charge is -2.22. The van der Waals surface area contributed by atoms with Crippen LogP contribution in [0.2, 0.25) is 0 Å². The molecule has 0 aliphatic carbocycles. The summed E-state index contributed by atoms with van der Waals surface area (Å²) in [7, 11) is -0.821. The fourth-order valence-electron chi connectivity index (χ4n) is 2.82. The van der Waals surface area contributed by atoms with Gasteiger partial charge in [-0.15, -0.1) is 0 Å². The monoisotopic (exact) mass is 402 g/mol. The molecule has 1 atom stereocenters. The van der Waals surface area contributed by atoms with Gasteiger partial charge in [-0.2, -0.15) is 0 Å². The zero-order valence-electron chi connectivity index (χ0n) is 16.3. The van der Waals surface area contributed by atoms with Crippen LogP contribution in [-0.4, -0.2) is 12.3 Å². The molecule has 0 saturated heterocycles. The van der Waals surface area contributed by atoms with E-state index in [1.165, 1.54) is 15.9 Å². The second kappa shape index (κ2) is 13.0. The third-order valence-corrected chi connectivity index (χ3v) is 9.25. The molecule has 2 aromatic rings. The van der Waals surface area contributed by atoms with E-state index >= 15 is 0 Å². The van der Waals surface area contributed by atoms with Crippen LogP contribution in [0, 0.1) is 0 Å². The molecule has 0 aliphatic rings. The van der Waals surface area contributed by atoms with Gasteiger partial charge in [0.15, 0.2) is 0 Å². The molecule has 0 aliphatic heterocycles. The van der Waals surface area contributed by atoms with E-state index in [1.54, 1.807) is 6.08 Å². The van der Waals surface area contributed by atoms with Crippen LogP contribution in [0.5, 0.6) is 0 Å². The van der Waals surface area contributed by atoms with Crippen LogP contribution in [-0.2, 0) is 0 Å². The molecule has 2 aromatic carbocycles. The SMILES string of the molecule is C=C/C=C\C=C\P(CCP(c1ccccc1)c1ccccc1)/C(C=C)=C/C=C. The first-order valence-corrected chi connectivity index (χ1v) is 12.5. The van der Waals surface area contributed by atoms with Crippen molar-refractivity contribution in [3.63, 3.8) is 0 Å². The average molecular weight is 402 g/mol. The Kier molecular flexibility index (Phi) is 10.2. The van der Waals surface area contributed by atoms with Gasteiger partial charge in [-0.05, 0) is 36.2 Å². The first-order chi connectivity index (χ1) is 13.8. The Bertz CT molecular complexity index is 790. The van der Waals surface area contributed by atoms with Gasteiger partial charge in [0.1, 0.15) is 0 Å². The summed E-state index contributed by atoms with van der Waals surface area (Å²) in [5.41, 5.74) is 0. The first-order valence-electron chi connectivity index (χ1n) is 9.35. The molecule has 0 radical (unpaired) electrons. The van der Waals surface area contributed by atoms with Crippen LogP contribution in [0.1, 0.15) is 0 Å². The number of hydrogen-bond acceptors (Lipinski definition) is 0. The largest absolute Gasteiger partial charge is 0.0991 e. The Morgan fingerprint density at radius 3 is 1.82 bits per heavy atom. The molecule has 0 N–H and O–H groups in total. The van der Waals surface area contributed by atoms with Gasteiger partial charge in [-0.25, -0.2) is 0 Å². The van der Waals surface area contributed by atoms with Crippen LogP contribution >= 0.6 is 15.8 Å².